The fraction of sp³-hybridized carbons (Fsp3) is 0.346. The molecule has 36 heavy (non-hydrogen) atoms. The van der Waals surface area contributed by atoms with E-state index in [-0.39, 0.29) is 30.7 Å². The fourth-order valence-electron chi connectivity index (χ4n) is 4.32. The molecule has 2 saturated heterocycles. The molecular formula is C26H28ClN5O4. The van der Waals surface area contributed by atoms with E-state index in [1.807, 2.05) is 36.4 Å². The van der Waals surface area contributed by atoms with Crippen LogP contribution in [-0.2, 0) is 9.53 Å². The van der Waals surface area contributed by atoms with Crippen LogP contribution in [0, 0.1) is 0 Å². The first-order chi connectivity index (χ1) is 17.6. The molecule has 0 radical (unpaired) electrons. The summed E-state index contributed by atoms with van der Waals surface area (Å²) >= 11 is 6.24. The first kappa shape index (κ1) is 24.3. The first-order valence-electron chi connectivity index (χ1n) is 12.0. The second-order valence-electron chi connectivity index (χ2n) is 8.75. The van der Waals surface area contributed by atoms with E-state index in [9.17, 15) is 9.59 Å². The van der Waals surface area contributed by atoms with Gasteiger partial charge >= 0.3 is 0 Å². The van der Waals surface area contributed by atoms with E-state index >= 15 is 0 Å². The summed E-state index contributed by atoms with van der Waals surface area (Å²) < 4.78 is 13.1. The number of hydrogen-bond donors (Lipinski definition) is 1. The molecule has 2 aliphatic heterocycles. The SMILES string of the molecule is O=C1CN(C(=O)c2cc(-c3cccc(OCCCN4CCOCC4)c3)n(-c3cccc(Cl)c3)n2)CN1. The molecule has 3 aromatic rings. The van der Waals surface area contributed by atoms with Crippen LogP contribution in [0.3, 0.4) is 0 Å². The Hall–Kier alpha value is -3.40. The molecule has 0 atom stereocenters. The Morgan fingerprint density at radius 2 is 1.94 bits per heavy atom. The van der Waals surface area contributed by atoms with Gasteiger partial charge in [0.15, 0.2) is 5.69 Å². The lowest BCUT2D eigenvalue weighted by Gasteiger charge is -2.26. The number of rotatable bonds is 8. The van der Waals surface area contributed by atoms with Gasteiger partial charge in [0.1, 0.15) is 12.3 Å². The van der Waals surface area contributed by atoms with Crippen molar-refractivity contribution < 1.29 is 19.1 Å². The lowest BCUT2D eigenvalue weighted by atomic mass is 10.1. The predicted molar refractivity (Wildman–Crippen MR) is 135 cm³/mol. The summed E-state index contributed by atoms with van der Waals surface area (Å²) in [4.78, 5) is 28.5. The number of ether oxygens (including phenoxy) is 2. The van der Waals surface area contributed by atoms with Crippen molar-refractivity contribution in [3.8, 4) is 22.7 Å². The van der Waals surface area contributed by atoms with E-state index in [0.29, 0.717) is 11.6 Å². The van der Waals surface area contributed by atoms with Gasteiger partial charge in [-0.3, -0.25) is 14.5 Å². The third kappa shape index (κ3) is 5.70. The molecule has 0 unspecified atom stereocenters. The van der Waals surface area contributed by atoms with Crippen molar-refractivity contribution >= 4 is 23.4 Å². The Bertz CT molecular complexity index is 1240. The van der Waals surface area contributed by atoms with Crippen LogP contribution in [0.4, 0.5) is 0 Å². The Balaban J connectivity index is 1.36. The highest BCUT2D eigenvalue weighted by molar-refractivity contribution is 6.30. The third-order valence-corrected chi connectivity index (χ3v) is 6.43. The van der Waals surface area contributed by atoms with Gasteiger partial charge in [-0.05, 0) is 42.8 Å². The Kier molecular flexibility index (Phi) is 7.50. The van der Waals surface area contributed by atoms with E-state index < -0.39 is 0 Å². The van der Waals surface area contributed by atoms with Gasteiger partial charge in [0.05, 0.1) is 37.9 Å². The minimum Gasteiger partial charge on any atom is -0.494 e. The van der Waals surface area contributed by atoms with Crippen molar-refractivity contribution in [1.29, 1.82) is 0 Å². The maximum absolute atomic E-state index is 13.1. The minimum absolute atomic E-state index is 0.0198. The van der Waals surface area contributed by atoms with Crippen molar-refractivity contribution in [1.82, 2.24) is 24.9 Å². The largest absolute Gasteiger partial charge is 0.494 e. The number of halogens is 1. The van der Waals surface area contributed by atoms with Crippen molar-refractivity contribution in [3.05, 3.63) is 65.3 Å². The molecule has 9 nitrogen and oxygen atoms in total. The molecule has 1 N–H and O–H groups in total. The van der Waals surface area contributed by atoms with E-state index in [1.165, 1.54) is 4.90 Å². The van der Waals surface area contributed by atoms with Crippen LogP contribution in [0.5, 0.6) is 5.75 Å². The Labute approximate surface area is 214 Å². The zero-order valence-electron chi connectivity index (χ0n) is 19.9. The summed E-state index contributed by atoms with van der Waals surface area (Å²) in [6.45, 7) is 5.28. The summed E-state index contributed by atoms with van der Waals surface area (Å²) in [5, 5.41) is 7.81. The molecule has 0 saturated carbocycles. The summed E-state index contributed by atoms with van der Waals surface area (Å²) in [5.74, 6) is 0.248. The molecule has 2 amide bonds. The standard InChI is InChI=1S/C26H28ClN5O4/c27-20-5-2-6-21(15-20)32-24(16-23(29-32)26(34)31-17-25(33)28-18-31)19-4-1-7-22(14-19)36-11-3-8-30-9-12-35-13-10-30/h1-2,4-7,14-16H,3,8-13,17-18H2,(H,28,33). The molecule has 0 spiro atoms. The van der Waals surface area contributed by atoms with E-state index in [2.05, 4.69) is 15.3 Å². The molecule has 2 aromatic carbocycles. The molecule has 188 valence electrons. The average molecular weight is 510 g/mol. The van der Waals surface area contributed by atoms with Crippen LogP contribution < -0.4 is 10.1 Å². The molecule has 10 heteroatoms. The molecular weight excluding hydrogens is 482 g/mol. The maximum atomic E-state index is 13.1. The summed E-state index contributed by atoms with van der Waals surface area (Å²) in [6.07, 6.45) is 0.923. The van der Waals surface area contributed by atoms with Crippen LogP contribution in [0.2, 0.25) is 5.02 Å². The Morgan fingerprint density at radius 1 is 1.11 bits per heavy atom. The number of amides is 2. The molecule has 0 bridgehead atoms. The lowest BCUT2D eigenvalue weighted by Crippen LogP contribution is -2.37. The number of hydrogen-bond acceptors (Lipinski definition) is 6. The highest BCUT2D eigenvalue weighted by Crippen LogP contribution is 2.28. The zero-order valence-corrected chi connectivity index (χ0v) is 20.6. The minimum atomic E-state index is -0.314. The first-order valence-corrected chi connectivity index (χ1v) is 12.4. The summed E-state index contributed by atoms with van der Waals surface area (Å²) in [6, 6.07) is 16.8. The monoisotopic (exact) mass is 509 g/mol. The van der Waals surface area contributed by atoms with E-state index in [4.69, 9.17) is 21.1 Å². The lowest BCUT2D eigenvalue weighted by molar-refractivity contribution is -0.118. The molecule has 5 rings (SSSR count). The quantitative estimate of drug-likeness (QED) is 0.470. The number of benzene rings is 2. The van der Waals surface area contributed by atoms with Crippen molar-refractivity contribution in [3.63, 3.8) is 0 Å². The van der Waals surface area contributed by atoms with Crippen LogP contribution in [0.1, 0.15) is 16.9 Å². The van der Waals surface area contributed by atoms with Crippen molar-refractivity contribution in [2.75, 3.05) is 52.7 Å². The Morgan fingerprint density at radius 3 is 2.72 bits per heavy atom. The van der Waals surface area contributed by atoms with Gasteiger partial charge in [-0.25, -0.2) is 4.68 Å². The van der Waals surface area contributed by atoms with Gasteiger partial charge < -0.3 is 19.7 Å². The average Bonchev–Trinajstić information content (AvgIpc) is 3.54. The fourth-order valence-corrected chi connectivity index (χ4v) is 4.50. The smallest absolute Gasteiger partial charge is 0.276 e. The van der Waals surface area contributed by atoms with Crippen molar-refractivity contribution in [2.45, 2.75) is 6.42 Å². The van der Waals surface area contributed by atoms with Gasteiger partial charge in [0.25, 0.3) is 5.91 Å². The second kappa shape index (κ2) is 11.1. The number of carbonyl (C=O) groups excluding carboxylic acids is 2. The third-order valence-electron chi connectivity index (χ3n) is 6.19. The highest BCUT2D eigenvalue weighted by atomic mass is 35.5. The van der Waals surface area contributed by atoms with E-state index in [1.54, 1.807) is 22.9 Å². The summed E-state index contributed by atoms with van der Waals surface area (Å²) in [5.41, 5.74) is 2.54. The molecule has 2 aliphatic rings. The van der Waals surface area contributed by atoms with Gasteiger partial charge in [-0.1, -0.05) is 29.8 Å². The molecule has 0 aliphatic carbocycles. The van der Waals surface area contributed by atoms with Crippen molar-refractivity contribution in [2.24, 2.45) is 0 Å². The van der Waals surface area contributed by atoms with Gasteiger partial charge in [0, 0.05) is 30.2 Å². The second-order valence-corrected chi connectivity index (χ2v) is 9.19. The van der Waals surface area contributed by atoms with Crippen LogP contribution >= 0.6 is 11.6 Å². The molecule has 2 fully saturated rings. The summed E-state index contributed by atoms with van der Waals surface area (Å²) in [7, 11) is 0. The molecule has 1 aromatic heterocycles. The highest BCUT2D eigenvalue weighted by Gasteiger charge is 2.27. The van der Waals surface area contributed by atoms with Crippen LogP contribution in [0.15, 0.2) is 54.6 Å². The number of carbonyl (C=O) groups is 2. The maximum Gasteiger partial charge on any atom is 0.276 e. The topological polar surface area (TPSA) is 88.9 Å². The van der Waals surface area contributed by atoms with E-state index in [0.717, 1.165) is 62.0 Å². The van der Waals surface area contributed by atoms with Gasteiger partial charge in [-0.2, -0.15) is 5.10 Å². The number of aromatic nitrogens is 2. The van der Waals surface area contributed by atoms with Gasteiger partial charge in [0.2, 0.25) is 5.91 Å². The number of nitrogens with one attached hydrogen (secondary N) is 1. The van der Waals surface area contributed by atoms with Crippen LogP contribution in [-0.4, -0.2) is 84.1 Å². The zero-order chi connectivity index (χ0) is 24.9. The van der Waals surface area contributed by atoms with Crippen LogP contribution in [0.25, 0.3) is 16.9 Å². The number of nitrogens with zero attached hydrogens (tertiary/aromatic N) is 4. The predicted octanol–water partition coefficient (Wildman–Crippen LogP) is 2.82. The molecule has 3 heterocycles. The number of morpholine rings is 1. The normalized spacial score (nSPS) is 16.2. The van der Waals surface area contributed by atoms with Gasteiger partial charge in [-0.15, -0.1) is 0 Å².